The Morgan fingerprint density at radius 1 is 1.22 bits per heavy atom. The highest BCUT2D eigenvalue weighted by Crippen LogP contribution is 2.23. The van der Waals surface area contributed by atoms with Gasteiger partial charge in [-0.15, -0.1) is 11.6 Å². The topological polar surface area (TPSA) is 22.1 Å². The zero-order chi connectivity index (χ0) is 13.1. The van der Waals surface area contributed by atoms with Gasteiger partial charge in [0.1, 0.15) is 11.6 Å². The lowest BCUT2D eigenvalue weighted by atomic mass is 10.2. The van der Waals surface area contributed by atoms with Gasteiger partial charge in [-0.05, 0) is 31.0 Å². The smallest absolute Gasteiger partial charge is 0.219 e. The number of nitrogens with zero attached hydrogens (tertiary/aromatic N) is 1. The quantitative estimate of drug-likeness (QED) is 0.769. The summed E-state index contributed by atoms with van der Waals surface area (Å²) >= 11 is 5.75. The summed E-state index contributed by atoms with van der Waals surface area (Å²) in [6.45, 7) is 3.57. The summed E-state index contributed by atoms with van der Waals surface area (Å²) in [5.74, 6) is 0.994. The Morgan fingerprint density at radius 3 is 2.61 bits per heavy atom. The summed E-state index contributed by atoms with van der Waals surface area (Å²) in [5, 5.41) is 0. The van der Waals surface area contributed by atoms with Gasteiger partial charge in [-0.25, -0.2) is 9.37 Å². The third-order valence-corrected chi connectivity index (χ3v) is 2.97. The molecule has 1 aromatic heterocycles. The Balaban J connectivity index is 2.23. The molecule has 1 heterocycles. The number of benzene rings is 1. The molecular formula is C14H13ClFNO. The van der Waals surface area contributed by atoms with E-state index in [0.29, 0.717) is 23.1 Å². The van der Waals surface area contributed by atoms with E-state index in [1.54, 1.807) is 25.1 Å². The average Bonchev–Trinajstić information content (AvgIpc) is 2.34. The predicted molar refractivity (Wildman–Crippen MR) is 69.7 cm³/mol. The number of aryl methyl sites for hydroxylation is 2. The summed E-state index contributed by atoms with van der Waals surface area (Å²) in [4.78, 5) is 4.26. The Labute approximate surface area is 110 Å². The fourth-order valence-electron chi connectivity index (χ4n) is 1.52. The summed E-state index contributed by atoms with van der Waals surface area (Å²) < 4.78 is 18.9. The first kappa shape index (κ1) is 12.8. The van der Waals surface area contributed by atoms with E-state index < -0.39 is 0 Å². The maximum absolute atomic E-state index is 13.4. The molecule has 0 atom stereocenters. The van der Waals surface area contributed by atoms with Crippen LogP contribution < -0.4 is 4.74 Å². The van der Waals surface area contributed by atoms with Crippen LogP contribution in [0.5, 0.6) is 11.6 Å². The second kappa shape index (κ2) is 5.36. The zero-order valence-electron chi connectivity index (χ0n) is 10.2. The molecule has 2 aromatic rings. The summed E-state index contributed by atoms with van der Waals surface area (Å²) in [7, 11) is 0. The van der Waals surface area contributed by atoms with Crippen molar-refractivity contribution in [1.29, 1.82) is 0 Å². The van der Waals surface area contributed by atoms with Crippen LogP contribution in [0.4, 0.5) is 4.39 Å². The molecule has 0 unspecified atom stereocenters. The van der Waals surface area contributed by atoms with Crippen LogP contribution in [0.15, 0.2) is 30.3 Å². The summed E-state index contributed by atoms with van der Waals surface area (Å²) in [6, 6.07) is 8.31. The van der Waals surface area contributed by atoms with Crippen molar-refractivity contribution in [3.05, 3.63) is 53.0 Å². The van der Waals surface area contributed by atoms with E-state index in [-0.39, 0.29) is 5.82 Å². The predicted octanol–water partition coefficient (Wildman–Crippen LogP) is 4.37. The maximum Gasteiger partial charge on any atom is 0.219 e. The van der Waals surface area contributed by atoms with Crippen molar-refractivity contribution < 1.29 is 9.13 Å². The van der Waals surface area contributed by atoms with Crippen LogP contribution >= 0.6 is 11.6 Å². The van der Waals surface area contributed by atoms with Crippen LogP contribution in [-0.4, -0.2) is 4.98 Å². The monoisotopic (exact) mass is 265 g/mol. The van der Waals surface area contributed by atoms with Gasteiger partial charge < -0.3 is 4.74 Å². The number of halogens is 2. The highest BCUT2D eigenvalue weighted by molar-refractivity contribution is 6.17. The van der Waals surface area contributed by atoms with Gasteiger partial charge in [-0.1, -0.05) is 12.1 Å². The van der Waals surface area contributed by atoms with E-state index in [4.69, 9.17) is 16.3 Å². The Hall–Kier alpha value is -1.61. The van der Waals surface area contributed by atoms with E-state index in [9.17, 15) is 4.39 Å². The van der Waals surface area contributed by atoms with Gasteiger partial charge in [0.2, 0.25) is 5.88 Å². The highest BCUT2D eigenvalue weighted by Gasteiger charge is 2.05. The minimum atomic E-state index is -0.290. The molecule has 4 heteroatoms. The van der Waals surface area contributed by atoms with E-state index in [1.165, 1.54) is 6.07 Å². The average molecular weight is 266 g/mol. The molecule has 0 aliphatic carbocycles. The van der Waals surface area contributed by atoms with Gasteiger partial charge in [-0.2, -0.15) is 0 Å². The normalized spacial score (nSPS) is 10.4. The molecule has 0 spiro atoms. The minimum absolute atomic E-state index is 0.290. The fourth-order valence-corrected chi connectivity index (χ4v) is 1.81. The highest BCUT2D eigenvalue weighted by atomic mass is 35.5. The SMILES string of the molecule is Cc1ccc(Oc2ccc(CCl)c(C)n2)cc1F. The minimum Gasteiger partial charge on any atom is -0.439 e. The van der Waals surface area contributed by atoms with E-state index in [2.05, 4.69) is 4.98 Å². The molecule has 94 valence electrons. The van der Waals surface area contributed by atoms with Crippen molar-refractivity contribution in [1.82, 2.24) is 4.98 Å². The Morgan fingerprint density at radius 2 is 2.00 bits per heavy atom. The molecule has 2 rings (SSSR count). The third kappa shape index (κ3) is 2.79. The van der Waals surface area contributed by atoms with Crippen LogP contribution in [0.2, 0.25) is 0 Å². The van der Waals surface area contributed by atoms with Gasteiger partial charge in [0.05, 0.1) is 0 Å². The number of ether oxygens (including phenoxy) is 1. The Kier molecular flexibility index (Phi) is 3.82. The number of pyridine rings is 1. The molecule has 0 N–H and O–H groups in total. The first-order chi connectivity index (χ1) is 8.60. The van der Waals surface area contributed by atoms with Crippen LogP contribution in [0, 0.1) is 19.7 Å². The molecule has 0 amide bonds. The van der Waals surface area contributed by atoms with Gasteiger partial charge in [0.15, 0.2) is 0 Å². The van der Waals surface area contributed by atoms with Crippen LogP contribution in [0.25, 0.3) is 0 Å². The van der Waals surface area contributed by atoms with Gasteiger partial charge in [-0.3, -0.25) is 0 Å². The molecule has 0 radical (unpaired) electrons. The van der Waals surface area contributed by atoms with Crippen LogP contribution in [0.1, 0.15) is 16.8 Å². The third-order valence-electron chi connectivity index (χ3n) is 2.68. The van der Waals surface area contributed by atoms with Crippen LogP contribution in [-0.2, 0) is 5.88 Å². The Bertz CT molecular complexity index is 572. The first-order valence-corrected chi connectivity index (χ1v) is 6.10. The number of hydrogen-bond acceptors (Lipinski definition) is 2. The fraction of sp³-hybridized carbons (Fsp3) is 0.214. The molecule has 0 fully saturated rings. The maximum atomic E-state index is 13.4. The van der Waals surface area contributed by atoms with E-state index in [0.717, 1.165) is 11.3 Å². The second-order valence-electron chi connectivity index (χ2n) is 4.04. The lowest BCUT2D eigenvalue weighted by Crippen LogP contribution is -1.94. The molecule has 18 heavy (non-hydrogen) atoms. The van der Waals surface area contributed by atoms with Crippen molar-refractivity contribution in [3.63, 3.8) is 0 Å². The number of alkyl halides is 1. The van der Waals surface area contributed by atoms with Gasteiger partial charge in [0, 0.05) is 23.7 Å². The molecule has 1 aromatic carbocycles. The van der Waals surface area contributed by atoms with Crippen molar-refractivity contribution in [2.45, 2.75) is 19.7 Å². The van der Waals surface area contributed by atoms with Crippen molar-refractivity contribution in [2.75, 3.05) is 0 Å². The largest absolute Gasteiger partial charge is 0.439 e. The molecule has 0 aliphatic rings. The molecule has 0 saturated carbocycles. The van der Waals surface area contributed by atoms with E-state index >= 15 is 0 Å². The number of aromatic nitrogens is 1. The molecule has 0 bridgehead atoms. The van der Waals surface area contributed by atoms with Crippen molar-refractivity contribution in [2.24, 2.45) is 0 Å². The van der Waals surface area contributed by atoms with Gasteiger partial charge >= 0.3 is 0 Å². The van der Waals surface area contributed by atoms with Crippen molar-refractivity contribution >= 4 is 11.6 Å². The summed E-state index contributed by atoms with van der Waals surface area (Å²) in [5.41, 5.74) is 2.36. The van der Waals surface area contributed by atoms with E-state index in [1.807, 2.05) is 13.0 Å². The van der Waals surface area contributed by atoms with Crippen LogP contribution in [0.3, 0.4) is 0 Å². The second-order valence-corrected chi connectivity index (χ2v) is 4.31. The first-order valence-electron chi connectivity index (χ1n) is 5.56. The lowest BCUT2D eigenvalue weighted by Gasteiger charge is -2.08. The summed E-state index contributed by atoms with van der Waals surface area (Å²) in [6.07, 6.45) is 0. The zero-order valence-corrected chi connectivity index (χ0v) is 11.0. The van der Waals surface area contributed by atoms with Crippen molar-refractivity contribution in [3.8, 4) is 11.6 Å². The molecule has 0 saturated heterocycles. The molecule has 0 aliphatic heterocycles. The lowest BCUT2D eigenvalue weighted by molar-refractivity contribution is 0.456. The van der Waals surface area contributed by atoms with Gasteiger partial charge in [0.25, 0.3) is 0 Å². The molecular weight excluding hydrogens is 253 g/mol. The molecule has 2 nitrogen and oxygen atoms in total. The number of rotatable bonds is 3. The standard InChI is InChI=1S/C14H13ClFNO/c1-9-3-5-12(7-13(9)16)18-14-6-4-11(8-15)10(2)17-14/h3-7H,8H2,1-2H3. The number of hydrogen-bond donors (Lipinski definition) is 0.